The highest BCUT2D eigenvalue weighted by molar-refractivity contribution is 9.10. The Morgan fingerprint density at radius 1 is 1.17 bits per heavy atom. The van der Waals surface area contributed by atoms with Gasteiger partial charge in [-0.2, -0.15) is 0 Å². The fourth-order valence-corrected chi connectivity index (χ4v) is 3.31. The van der Waals surface area contributed by atoms with Crippen molar-refractivity contribution in [2.24, 2.45) is 0 Å². The maximum Gasteiger partial charge on any atom is 0.0585 e. The molecule has 1 atom stereocenters. The van der Waals surface area contributed by atoms with Gasteiger partial charge in [0.05, 0.1) is 6.04 Å². The summed E-state index contributed by atoms with van der Waals surface area (Å²) in [4.78, 5) is 1.38. The molecular weight excluding hydrogens is 306 g/mol. The Morgan fingerprint density at radius 2 is 1.78 bits per heavy atom. The molecule has 1 aromatic heterocycles. The maximum atomic E-state index is 3.63. The molecule has 0 saturated heterocycles. The van der Waals surface area contributed by atoms with Gasteiger partial charge in [0.25, 0.3) is 0 Å². The predicted octanol–water partition coefficient (Wildman–Crippen LogP) is 4.74. The van der Waals surface area contributed by atoms with Crippen LogP contribution in [0.5, 0.6) is 0 Å². The second-order valence-corrected chi connectivity index (χ2v) is 6.54. The Labute approximate surface area is 121 Å². The van der Waals surface area contributed by atoms with Gasteiger partial charge in [-0.05, 0) is 61.5 Å². The molecule has 0 radical (unpaired) electrons. The van der Waals surface area contributed by atoms with E-state index < -0.39 is 0 Å². The summed E-state index contributed by atoms with van der Waals surface area (Å²) < 4.78 is 1.21. The van der Waals surface area contributed by atoms with Crippen LogP contribution in [0.3, 0.4) is 0 Å². The number of aryl methyl sites for hydroxylation is 3. The number of hydrogen-bond acceptors (Lipinski definition) is 2. The van der Waals surface area contributed by atoms with Crippen LogP contribution in [0.15, 0.2) is 28.1 Å². The van der Waals surface area contributed by atoms with Gasteiger partial charge in [-0.15, -0.1) is 11.3 Å². The van der Waals surface area contributed by atoms with Gasteiger partial charge >= 0.3 is 0 Å². The first kappa shape index (κ1) is 13.8. The zero-order chi connectivity index (χ0) is 13.3. The Hall–Kier alpha value is -0.640. The average molecular weight is 324 g/mol. The summed E-state index contributed by atoms with van der Waals surface area (Å²) in [5.41, 5.74) is 5.29. The molecule has 0 aliphatic heterocycles. The normalized spacial score (nSPS) is 12.7. The maximum absolute atomic E-state index is 3.63. The highest BCUT2D eigenvalue weighted by atomic mass is 79.9. The van der Waals surface area contributed by atoms with Crippen LogP contribution in [0.2, 0.25) is 0 Å². The van der Waals surface area contributed by atoms with Gasteiger partial charge in [-0.25, -0.2) is 0 Å². The van der Waals surface area contributed by atoms with Crippen molar-refractivity contribution in [1.82, 2.24) is 5.32 Å². The van der Waals surface area contributed by atoms with Crippen LogP contribution in [-0.2, 0) is 0 Å². The van der Waals surface area contributed by atoms with E-state index in [4.69, 9.17) is 0 Å². The van der Waals surface area contributed by atoms with Crippen LogP contribution in [0.4, 0.5) is 0 Å². The molecule has 1 unspecified atom stereocenters. The first-order valence-electron chi connectivity index (χ1n) is 6.02. The van der Waals surface area contributed by atoms with Crippen molar-refractivity contribution in [2.75, 3.05) is 7.05 Å². The summed E-state index contributed by atoms with van der Waals surface area (Å²) in [6.07, 6.45) is 0. The van der Waals surface area contributed by atoms with E-state index in [0.717, 1.165) is 0 Å². The third-order valence-corrected chi connectivity index (χ3v) is 5.40. The average Bonchev–Trinajstić information content (AvgIpc) is 2.74. The standard InChI is InChI=1S/C15H18BrNS/c1-9-7-12(8-10(2)14(9)16)15(17-4)13-5-6-18-11(13)3/h5-8,15,17H,1-4H3. The molecule has 1 heterocycles. The lowest BCUT2D eigenvalue weighted by molar-refractivity contribution is 0.689. The molecule has 0 spiro atoms. The molecule has 0 aliphatic carbocycles. The van der Waals surface area contributed by atoms with E-state index in [1.54, 1.807) is 11.3 Å². The molecule has 18 heavy (non-hydrogen) atoms. The summed E-state index contributed by atoms with van der Waals surface area (Å²) in [5.74, 6) is 0. The summed E-state index contributed by atoms with van der Waals surface area (Å²) in [6, 6.07) is 7.01. The first-order valence-corrected chi connectivity index (χ1v) is 7.69. The number of hydrogen-bond donors (Lipinski definition) is 1. The lowest BCUT2D eigenvalue weighted by Crippen LogP contribution is -2.18. The number of halogens is 1. The SMILES string of the molecule is CNC(c1cc(C)c(Br)c(C)c1)c1ccsc1C. The number of thiophene rings is 1. The van der Waals surface area contributed by atoms with Crippen LogP contribution < -0.4 is 5.32 Å². The molecule has 96 valence electrons. The highest BCUT2D eigenvalue weighted by Gasteiger charge is 2.16. The molecule has 0 aliphatic rings. The van der Waals surface area contributed by atoms with E-state index in [0.29, 0.717) is 0 Å². The second-order valence-electron chi connectivity index (χ2n) is 4.62. The third-order valence-electron chi connectivity index (χ3n) is 3.29. The van der Waals surface area contributed by atoms with E-state index in [2.05, 4.69) is 65.6 Å². The molecule has 3 heteroatoms. The molecule has 2 rings (SSSR count). The van der Waals surface area contributed by atoms with Gasteiger partial charge in [-0.1, -0.05) is 28.1 Å². The van der Waals surface area contributed by atoms with Crippen molar-refractivity contribution >= 4 is 27.3 Å². The van der Waals surface area contributed by atoms with Crippen molar-refractivity contribution < 1.29 is 0 Å². The first-order chi connectivity index (χ1) is 8.54. The third kappa shape index (κ3) is 2.53. The molecule has 1 aromatic carbocycles. The van der Waals surface area contributed by atoms with Gasteiger partial charge in [0.2, 0.25) is 0 Å². The van der Waals surface area contributed by atoms with Crippen LogP contribution >= 0.6 is 27.3 Å². The van der Waals surface area contributed by atoms with Crippen molar-refractivity contribution in [2.45, 2.75) is 26.8 Å². The summed E-state index contributed by atoms with van der Waals surface area (Å²) in [6.45, 7) is 6.48. The predicted molar refractivity (Wildman–Crippen MR) is 83.6 cm³/mol. The number of nitrogens with one attached hydrogen (secondary N) is 1. The van der Waals surface area contributed by atoms with E-state index >= 15 is 0 Å². The van der Waals surface area contributed by atoms with Gasteiger partial charge < -0.3 is 5.32 Å². The van der Waals surface area contributed by atoms with Crippen molar-refractivity contribution in [3.05, 3.63) is 55.2 Å². The van der Waals surface area contributed by atoms with Crippen molar-refractivity contribution in [1.29, 1.82) is 0 Å². The zero-order valence-corrected chi connectivity index (χ0v) is 13.6. The summed E-state index contributed by atoms with van der Waals surface area (Å²) in [7, 11) is 2.02. The van der Waals surface area contributed by atoms with Gasteiger partial charge in [0, 0.05) is 9.35 Å². The summed E-state index contributed by atoms with van der Waals surface area (Å²) in [5, 5.41) is 5.59. The zero-order valence-electron chi connectivity index (χ0n) is 11.2. The highest BCUT2D eigenvalue weighted by Crippen LogP contribution is 2.31. The minimum Gasteiger partial charge on any atom is -0.309 e. The Kier molecular flexibility index (Phi) is 4.25. The van der Waals surface area contributed by atoms with Gasteiger partial charge in [0.1, 0.15) is 0 Å². The topological polar surface area (TPSA) is 12.0 Å². The van der Waals surface area contributed by atoms with Crippen LogP contribution in [-0.4, -0.2) is 7.05 Å². The smallest absolute Gasteiger partial charge is 0.0585 e. The van der Waals surface area contributed by atoms with E-state index in [1.807, 2.05) is 7.05 Å². The van der Waals surface area contributed by atoms with Gasteiger partial charge in [0.15, 0.2) is 0 Å². The number of benzene rings is 1. The molecule has 0 saturated carbocycles. The lowest BCUT2D eigenvalue weighted by Gasteiger charge is -2.19. The van der Waals surface area contributed by atoms with Crippen LogP contribution in [0, 0.1) is 20.8 Å². The minimum atomic E-state index is 0.279. The molecule has 2 aromatic rings. The minimum absolute atomic E-state index is 0.279. The van der Waals surface area contributed by atoms with E-state index in [-0.39, 0.29) is 6.04 Å². The largest absolute Gasteiger partial charge is 0.309 e. The van der Waals surface area contributed by atoms with Crippen LogP contribution in [0.25, 0.3) is 0 Å². The lowest BCUT2D eigenvalue weighted by atomic mass is 9.96. The molecule has 0 amide bonds. The van der Waals surface area contributed by atoms with Crippen molar-refractivity contribution in [3.63, 3.8) is 0 Å². The molecule has 0 bridgehead atoms. The quantitative estimate of drug-likeness (QED) is 0.859. The van der Waals surface area contributed by atoms with E-state index in [9.17, 15) is 0 Å². The molecular formula is C15H18BrNS. The Balaban J connectivity index is 2.49. The second kappa shape index (κ2) is 5.55. The van der Waals surface area contributed by atoms with E-state index in [1.165, 1.54) is 31.6 Å². The van der Waals surface area contributed by atoms with Crippen LogP contribution in [0.1, 0.15) is 33.2 Å². The fraction of sp³-hybridized carbons (Fsp3) is 0.333. The summed E-state index contributed by atoms with van der Waals surface area (Å²) >= 11 is 5.43. The molecule has 0 fully saturated rings. The number of rotatable bonds is 3. The van der Waals surface area contributed by atoms with Crippen molar-refractivity contribution in [3.8, 4) is 0 Å². The Bertz CT molecular complexity index is 536. The molecule has 1 nitrogen and oxygen atoms in total. The molecule has 1 N–H and O–H groups in total. The fourth-order valence-electron chi connectivity index (χ4n) is 2.34. The van der Waals surface area contributed by atoms with Gasteiger partial charge in [-0.3, -0.25) is 0 Å². The monoisotopic (exact) mass is 323 g/mol. The Morgan fingerprint density at radius 3 is 2.22 bits per heavy atom.